The van der Waals surface area contributed by atoms with Crippen LogP contribution in [0.25, 0.3) is 21.8 Å². The molecular formula is C25H31ClFN5O4S2. The molecule has 0 amide bonds. The van der Waals surface area contributed by atoms with Crippen LogP contribution in [0, 0.1) is 11.7 Å². The van der Waals surface area contributed by atoms with E-state index in [9.17, 15) is 13.2 Å². The fraction of sp³-hybridized carbons (Fsp3) is 0.440. The second kappa shape index (κ2) is 11.9. The maximum Gasteiger partial charge on any atom is 0.303 e. The van der Waals surface area contributed by atoms with E-state index in [1.54, 1.807) is 26.1 Å². The highest BCUT2D eigenvalue weighted by Crippen LogP contribution is 2.43. The Morgan fingerprint density at radius 1 is 1.26 bits per heavy atom. The molecule has 0 aliphatic heterocycles. The summed E-state index contributed by atoms with van der Waals surface area (Å²) in [6.07, 6.45) is 1.92. The number of anilines is 2. The van der Waals surface area contributed by atoms with Crippen molar-refractivity contribution in [3.8, 4) is 21.8 Å². The van der Waals surface area contributed by atoms with Crippen LogP contribution in [0.15, 0.2) is 24.4 Å². The molecule has 0 aliphatic carbocycles. The summed E-state index contributed by atoms with van der Waals surface area (Å²) in [4.78, 5) is 25.0. The number of thiazole rings is 1. The van der Waals surface area contributed by atoms with E-state index in [2.05, 4.69) is 20.0 Å². The number of hydrogen-bond donors (Lipinski definition) is 3. The maximum atomic E-state index is 15.8. The molecule has 9 nitrogen and oxygen atoms in total. The van der Waals surface area contributed by atoms with Gasteiger partial charge >= 0.3 is 5.97 Å². The summed E-state index contributed by atoms with van der Waals surface area (Å²) in [7, 11) is -3.76. The minimum atomic E-state index is -3.76. The predicted molar refractivity (Wildman–Crippen MR) is 150 cm³/mol. The Bertz CT molecular complexity index is 1420. The third-order valence-electron chi connectivity index (χ3n) is 5.32. The fourth-order valence-corrected chi connectivity index (χ4v) is 5.97. The minimum Gasteiger partial charge on any atom is -0.481 e. The van der Waals surface area contributed by atoms with Gasteiger partial charge in [-0.2, -0.15) is 0 Å². The van der Waals surface area contributed by atoms with Crippen LogP contribution in [-0.2, 0) is 20.2 Å². The van der Waals surface area contributed by atoms with Gasteiger partial charge in [-0.15, -0.1) is 11.3 Å². The highest BCUT2D eigenvalue weighted by molar-refractivity contribution is 7.92. The Kier molecular flexibility index (Phi) is 9.32. The van der Waals surface area contributed by atoms with Crippen LogP contribution in [-0.4, -0.2) is 46.7 Å². The van der Waals surface area contributed by atoms with E-state index in [1.165, 1.54) is 23.5 Å². The van der Waals surface area contributed by atoms with E-state index in [1.807, 2.05) is 20.8 Å². The SMILES string of the molecule is CCCS(=O)(=O)Nc1cc(Cl)cc(-c2nc(C(C)(C)C)sc2-c2ccnc(NCC(C)CC(=O)O)n2)c1F. The number of rotatable bonds is 11. The molecule has 3 aromatic rings. The molecule has 38 heavy (non-hydrogen) atoms. The number of carboxylic acids is 1. The van der Waals surface area contributed by atoms with Crippen molar-refractivity contribution in [2.45, 2.75) is 52.9 Å². The number of benzene rings is 1. The average molecular weight is 584 g/mol. The molecule has 0 aliphatic rings. The summed E-state index contributed by atoms with van der Waals surface area (Å²) in [5, 5.41) is 12.9. The van der Waals surface area contributed by atoms with Crippen LogP contribution in [0.1, 0.15) is 52.5 Å². The Morgan fingerprint density at radius 3 is 2.61 bits per heavy atom. The summed E-state index contributed by atoms with van der Waals surface area (Å²) in [6.45, 7) is 9.81. The van der Waals surface area contributed by atoms with Gasteiger partial charge in [0.2, 0.25) is 16.0 Å². The Hall–Kier alpha value is -2.83. The summed E-state index contributed by atoms with van der Waals surface area (Å²) in [6, 6.07) is 4.31. The van der Waals surface area contributed by atoms with Crippen LogP contribution >= 0.6 is 22.9 Å². The quantitative estimate of drug-likeness (QED) is 0.249. The molecule has 0 spiro atoms. The molecule has 1 atom stereocenters. The van der Waals surface area contributed by atoms with Crippen molar-refractivity contribution < 1.29 is 22.7 Å². The normalized spacial score (nSPS) is 12.8. The zero-order chi connectivity index (χ0) is 28.3. The molecule has 2 heterocycles. The van der Waals surface area contributed by atoms with Crippen LogP contribution in [0.3, 0.4) is 0 Å². The lowest BCUT2D eigenvalue weighted by Gasteiger charge is -2.14. The van der Waals surface area contributed by atoms with Crippen molar-refractivity contribution in [1.82, 2.24) is 15.0 Å². The molecule has 3 rings (SSSR count). The molecule has 0 radical (unpaired) electrons. The summed E-state index contributed by atoms with van der Waals surface area (Å²) < 4.78 is 42.8. The highest BCUT2D eigenvalue weighted by atomic mass is 35.5. The maximum absolute atomic E-state index is 15.8. The van der Waals surface area contributed by atoms with E-state index in [-0.39, 0.29) is 51.4 Å². The number of halogens is 2. The Balaban J connectivity index is 2.10. The van der Waals surface area contributed by atoms with Crippen molar-refractivity contribution >= 4 is 50.6 Å². The van der Waals surface area contributed by atoms with Gasteiger partial charge in [0.05, 0.1) is 32.7 Å². The van der Waals surface area contributed by atoms with Gasteiger partial charge in [-0.1, -0.05) is 46.2 Å². The summed E-state index contributed by atoms with van der Waals surface area (Å²) >= 11 is 7.64. The summed E-state index contributed by atoms with van der Waals surface area (Å²) in [5.41, 5.74) is 0.175. The van der Waals surface area contributed by atoms with Gasteiger partial charge in [-0.3, -0.25) is 9.52 Å². The number of aromatic nitrogens is 3. The monoisotopic (exact) mass is 583 g/mol. The van der Waals surface area contributed by atoms with Crippen molar-refractivity contribution in [3.63, 3.8) is 0 Å². The van der Waals surface area contributed by atoms with Gasteiger partial charge in [0.15, 0.2) is 5.82 Å². The molecule has 13 heteroatoms. The van der Waals surface area contributed by atoms with Crippen LogP contribution in [0.5, 0.6) is 0 Å². The molecule has 0 saturated heterocycles. The van der Waals surface area contributed by atoms with Crippen molar-refractivity contribution in [2.24, 2.45) is 5.92 Å². The Morgan fingerprint density at radius 2 is 1.97 bits per heavy atom. The smallest absolute Gasteiger partial charge is 0.303 e. The molecule has 1 unspecified atom stereocenters. The van der Waals surface area contributed by atoms with E-state index < -0.39 is 21.8 Å². The zero-order valence-corrected chi connectivity index (χ0v) is 24.2. The lowest BCUT2D eigenvalue weighted by Crippen LogP contribution is -2.17. The molecule has 0 bridgehead atoms. The first kappa shape index (κ1) is 29.7. The number of carboxylic acid groups (broad SMARTS) is 1. The molecule has 0 saturated carbocycles. The first-order valence-electron chi connectivity index (χ1n) is 12.0. The van der Waals surface area contributed by atoms with Gasteiger partial charge < -0.3 is 10.4 Å². The number of nitrogens with zero attached hydrogens (tertiary/aromatic N) is 3. The van der Waals surface area contributed by atoms with Gasteiger partial charge in [0, 0.05) is 35.2 Å². The first-order chi connectivity index (χ1) is 17.7. The predicted octanol–water partition coefficient (Wildman–Crippen LogP) is 6.03. The van der Waals surface area contributed by atoms with E-state index in [4.69, 9.17) is 21.7 Å². The van der Waals surface area contributed by atoms with Crippen LogP contribution < -0.4 is 10.0 Å². The van der Waals surface area contributed by atoms with Gasteiger partial charge in [-0.05, 0) is 30.5 Å². The molecule has 3 N–H and O–H groups in total. The number of nitrogens with one attached hydrogen (secondary N) is 2. The number of aliphatic carboxylic acids is 1. The largest absolute Gasteiger partial charge is 0.481 e. The zero-order valence-electron chi connectivity index (χ0n) is 21.8. The van der Waals surface area contributed by atoms with E-state index in [0.29, 0.717) is 23.5 Å². The van der Waals surface area contributed by atoms with E-state index in [0.717, 1.165) is 5.01 Å². The average Bonchev–Trinajstić information content (AvgIpc) is 3.25. The van der Waals surface area contributed by atoms with E-state index >= 15 is 4.39 Å². The number of hydrogen-bond acceptors (Lipinski definition) is 8. The first-order valence-corrected chi connectivity index (χ1v) is 14.8. The lowest BCUT2D eigenvalue weighted by molar-refractivity contribution is -0.137. The third-order valence-corrected chi connectivity index (χ3v) is 8.52. The molecule has 1 aromatic carbocycles. The van der Waals surface area contributed by atoms with Gasteiger partial charge in [0.1, 0.15) is 0 Å². The highest BCUT2D eigenvalue weighted by Gasteiger charge is 2.27. The number of sulfonamides is 1. The summed E-state index contributed by atoms with van der Waals surface area (Å²) in [5.74, 6) is -1.71. The van der Waals surface area contributed by atoms with Crippen molar-refractivity contribution in [1.29, 1.82) is 0 Å². The van der Waals surface area contributed by atoms with Gasteiger partial charge in [-0.25, -0.2) is 27.8 Å². The third kappa shape index (κ3) is 7.61. The number of carbonyl (C=O) groups is 1. The molecule has 206 valence electrons. The molecule has 0 fully saturated rings. The standard InChI is InChI=1S/C25H31ClFN5O4S2/c1-6-9-38(35,36)32-18-12-15(26)11-16(20(18)27)21-22(37-23(31-21)25(3,4)5)17-7-8-28-24(30-17)29-13-14(2)10-19(33)34/h7-8,11-12,14,32H,6,9-10,13H2,1-5H3,(H,33,34)(H,28,29,30). The second-order valence-electron chi connectivity index (χ2n) is 10.0. The van der Waals surface area contributed by atoms with Crippen LogP contribution in [0.2, 0.25) is 5.02 Å². The Labute approximate surface area is 231 Å². The minimum absolute atomic E-state index is 0.000978. The van der Waals surface area contributed by atoms with Gasteiger partial charge in [0.25, 0.3) is 0 Å². The van der Waals surface area contributed by atoms with Crippen molar-refractivity contribution in [2.75, 3.05) is 22.3 Å². The lowest BCUT2D eigenvalue weighted by atomic mass is 9.98. The second-order valence-corrected chi connectivity index (χ2v) is 13.3. The fourth-order valence-electron chi connectivity index (χ4n) is 3.53. The molecular weight excluding hydrogens is 553 g/mol. The van der Waals surface area contributed by atoms with Crippen LogP contribution in [0.4, 0.5) is 16.0 Å². The topological polar surface area (TPSA) is 134 Å². The molecule has 2 aromatic heterocycles. The van der Waals surface area contributed by atoms with Crippen molar-refractivity contribution in [3.05, 3.63) is 40.2 Å².